The molecule has 4 rings (SSSR count). The van der Waals surface area contributed by atoms with Gasteiger partial charge in [-0.3, -0.25) is 0 Å². The van der Waals surface area contributed by atoms with Crippen LogP contribution in [-0.2, 0) is 6.42 Å². The van der Waals surface area contributed by atoms with Crippen molar-refractivity contribution in [3.63, 3.8) is 0 Å². The van der Waals surface area contributed by atoms with Crippen LogP contribution in [0.4, 0.5) is 4.79 Å². The van der Waals surface area contributed by atoms with Crippen molar-refractivity contribution in [2.75, 3.05) is 14.2 Å². The SMILES string of the molecule is CNC(=O)N1N=C(c2ccc(-n3nc(C)cc3C)cc2)c2cc(OC)ccc2C[C@@H]1C. The average Bonchev–Trinajstić information content (AvgIpc) is 3.04. The molecule has 0 radical (unpaired) electrons. The standard InChI is InChI=1S/C24H27N5O2/c1-15-12-16(2)28(26-15)20-9-6-18(7-10-20)23-22-14-21(31-5)11-8-19(22)13-17(3)29(27-23)24(30)25-4/h6-12,14,17H,13H2,1-5H3,(H,25,30)/t17-/m0/s1. The third-order valence-electron chi connectivity index (χ3n) is 5.53. The van der Waals surface area contributed by atoms with E-state index in [9.17, 15) is 4.79 Å². The number of nitrogens with one attached hydrogen (secondary N) is 1. The van der Waals surface area contributed by atoms with Crippen LogP contribution >= 0.6 is 0 Å². The number of nitrogens with zero attached hydrogens (tertiary/aromatic N) is 4. The van der Waals surface area contributed by atoms with Crippen molar-refractivity contribution in [2.45, 2.75) is 33.2 Å². The first-order valence-corrected chi connectivity index (χ1v) is 10.3. The van der Waals surface area contributed by atoms with Crippen molar-refractivity contribution in [2.24, 2.45) is 5.10 Å². The third-order valence-corrected chi connectivity index (χ3v) is 5.53. The number of urea groups is 1. The van der Waals surface area contributed by atoms with Gasteiger partial charge >= 0.3 is 6.03 Å². The topological polar surface area (TPSA) is 71.8 Å². The minimum atomic E-state index is -0.232. The number of rotatable bonds is 3. The number of fused-ring (bicyclic) bond motifs is 1. The molecule has 1 aromatic heterocycles. The summed E-state index contributed by atoms with van der Waals surface area (Å²) in [6.45, 7) is 6.02. The zero-order valence-corrected chi connectivity index (χ0v) is 18.5. The number of hydrogen-bond acceptors (Lipinski definition) is 4. The predicted molar refractivity (Wildman–Crippen MR) is 121 cm³/mol. The van der Waals surface area contributed by atoms with Gasteiger partial charge in [0.25, 0.3) is 0 Å². The van der Waals surface area contributed by atoms with E-state index in [4.69, 9.17) is 9.84 Å². The summed E-state index contributed by atoms with van der Waals surface area (Å²) in [5.41, 5.74) is 6.78. The zero-order chi connectivity index (χ0) is 22.1. The van der Waals surface area contributed by atoms with E-state index in [2.05, 4.69) is 22.5 Å². The molecule has 2 aromatic carbocycles. The highest BCUT2D eigenvalue weighted by Crippen LogP contribution is 2.27. The Hall–Kier alpha value is -3.61. The Kier molecular flexibility index (Phi) is 5.50. The lowest BCUT2D eigenvalue weighted by molar-refractivity contribution is 0.184. The van der Waals surface area contributed by atoms with Crippen LogP contribution in [-0.4, -0.2) is 46.7 Å². The monoisotopic (exact) mass is 417 g/mol. The molecule has 0 saturated carbocycles. The summed E-state index contributed by atoms with van der Waals surface area (Å²) in [7, 11) is 3.27. The second-order valence-electron chi connectivity index (χ2n) is 7.81. The first kappa shape index (κ1) is 20.7. The summed E-state index contributed by atoms with van der Waals surface area (Å²) in [6, 6.07) is 15.8. The summed E-state index contributed by atoms with van der Waals surface area (Å²) in [4.78, 5) is 12.5. The Morgan fingerprint density at radius 2 is 1.87 bits per heavy atom. The Morgan fingerprint density at radius 1 is 1.13 bits per heavy atom. The van der Waals surface area contributed by atoms with Gasteiger partial charge in [-0.15, -0.1) is 0 Å². The number of carbonyl (C=O) groups excluding carboxylic acids is 1. The van der Waals surface area contributed by atoms with Crippen molar-refractivity contribution >= 4 is 11.7 Å². The van der Waals surface area contributed by atoms with Gasteiger partial charge in [0.05, 0.1) is 30.2 Å². The lowest BCUT2D eigenvalue weighted by atomic mass is 9.94. The van der Waals surface area contributed by atoms with Gasteiger partial charge in [-0.25, -0.2) is 14.5 Å². The van der Waals surface area contributed by atoms with Gasteiger partial charge in [0.2, 0.25) is 0 Å². The lowest BCUT2D eigenvalue weighted by Gasteiger charge is -2.22. The highest BCUT2D eigenvalue weighted by atomic mass is 16.5. The molecule has 7 nitrogen and oxygen atoms in total. The summed E-state index contributed by atoms with van der Waals surface area (Å²) in [5.74, 6) is 0.756. The molecule has 7 heteroatoms. The van der Waals surface area contributed by atoms with E-state index in [1.807, 2.05) is 61.9 Å². The van der Waals surface area contributed by atoms with Crippen LogP contribution in [0.15, 0.2) is 53.6 Å². The lowest BCUT2D eigenvalue weighted by Crippen LogP contribution is -2.41. The molecule has 1 atom stereocenters. The Morgan fingerprint density at radius 3 is 2.48 bits per heavy atom. The van der Waals surface area contributed by atoms with Gasteiger partial charge in [0.15, 0.2) is 0 Å². The minimum Gasteiger partial charge on any atom is -0.497 e. The van der Waals surface area contributed by atoms with E-state index in [-0.39, 0.29) is 12.1 Å². The predicted octanol–water partition coefficient (Wildman–Crippen LogP) is 3.84. The zero-order valence-electron chi connectivity index (χ0n) is 18.5. The van der Waals surface area contributed by atoms with Crippen molar-refractivity contribution in [1.29, 1.82) is 0 Å². The number of ether oxygens (including phenoxy) is 1. The van der Waals surface area contributed by atoms with Gasteiger partial charge in [-0.1, -0.05) is 18.2 Å². The van der Waals surface area contributed by atoms with Crippen molar-refractivity contribution < 1.29 is 9.53 Å². The molecule has 1 N–H and O–H groups in total. The molecule has 0 unspecified atom stereocenters. The summed E-state index contributed by atoms with van der Waals surface area (Å²) < 4.78 is 7.38. The van der Waals surface area contributed by atoms with Crippen molar-refractivity contribution in [3.8, 4) is 11.4 Å². The maximum absolute atomic E-state index is 12.5. The number of benzene rings is 2. The second-order valence-corrected chi connectivity index (χ2v) is 7.81. The highest BCUT2D eigenvalue weighted by Gasteiger charge is 2.27. The van der Waals surface area contributed by atoms with Crippen LogP contribution in [0.25, 0.3) is 5.69 Å². The molecule has 0 saturated heterocycles. The second kappa shape index (κ2) is 8.26. The van der Waals surface area contributed by atoms with E-state index in [1.165, 1.54) is 5.01 Å². The Bertz CT molecular complexity index is 1150. The maximum atomic E-state index is 12.5. The smallest absolute Gasteiger partial charge is 0.337 e. The summed E-state index contributed by atoms with van der Waals surface area (Å²) in [6.07, 6.45) is 0.698. The van der Waals surface area contributed by atoms with Crippen LogP contribution in [0.2, 0.25) is 0 Å². The van der Waals surface area contributed by atoms with Crippen LogP contribution < -0.4 is 10.1 Å². The molecular weight excluding hydrogens is 390 g/mol. The molecule has 0 spiro atoms. The first-order valence-electron chi connectivity index (χ1n) is 10.3. The van der Waals surface area contributed by atoms with Crippen LogP contribution in [0.3, 0.4) is 0 Å². The Balaban J connectivity index is 1.83. The fraction of sp³-hybridized carbons (Fsp3) is 0.292. The quantitative estimate of drug-likeness (QED) is 0.704. The largest absolute Gasteiger partial charge is 0.497 e. The first-order chi connectivity index (χ1) is 14.9. The molecule has 1 aliphatic heterocycles. The van der Waals surface area contributed by atoms with Gasteiger partial charge in [0.1, 0.15) is 5.75 Å². The summed E-state index contributed by atoms with van der Waals surface area (Å²) in [5, 5.41) is 13.6. The number of aromatic nitrogens is 2. The van der Waals surface area contributed by atoms with Gasteiger partial charge in [0, 0.05) is 23.9 Å². The normalized spacial score (nSPS) is 15.7. The number of methoxy groups -OCH3 is 1. The van der Waals surface area contributed by atoms with Crippen LogP contribution in [0.1, 0.15) is 35.0 Å². The number of amides is 2. The number of carbonyl (C=O) groups is 1. The van der Waals surface area contributed by atoms with Crippen LogP contribution in [0, 0.1) is 13.8 Å². The van der Waals surface area contributed by atoms with E-state index < -0.39 is 0 Å². The van der Waals surface area contributed by atoms with Crippen LogP contribution in [0.5, 0.6) is 5.75 Å². The fourth-order valence-electron chi connectivity index (χ4n) is 3.97. The van der Waals surface area contributed by atoms with E-state index >= 15 is 0 Å². The third kappa shape index (κ3) is 3.91. The molecule has 0 fully saturated rings. The van der Waals surface area contributed by atoms with E-state index in [1.54, 1.807) is 14.2 Å². The van der Waals surface area contributed by atoms with Gasteiger partial charge in [-0.05, 0) is 63.1 Å². The molecular formula is C24H27N5O2. The van der Waals surface area contributed by atoms with E-state index in [0.29, 0.717) is 6.42 Å². The molecule has 31 heavy (non-hydrogen) atoms. The highest BCUT2D eigenvalue weighted by molar-refractivity contribution is 6.14. The number of aryl methyl sites for hydroxylation is 2. The molecule has 1 aliphatic rings. The molecule has 0 bridgehead atoms. The number of hydrazone groups is 1. The molecule has 2 heterocycles. The molecule has 0 aliphatic carbocycles. The Labute approximate surface area is 182 Å². The number of hydrogen-bond donors (Lipinski definition) is 1. The average molecular weight is 418 g/mol. The molecule has 160 valence electrons. The van der Waals surface area contributed by atoms with Gasteiger partial charge < -0.3 is 10.1 Å². The fourth-order valence-corrected chi connectivity index (χ4v) is 3.97. The summed E-state index contributed by atoms with van der Waals surface area (Å²) >= 11 is 0. The van der Waals surface area contributed by atoms with E-state index in [0.717, 1.165) is 45.2 Å². The van der Waals surface area contributed by atoms with Crippen molar-refractivity contribution in [1.82, 2.24) is 20.1 Å². The molecule has 2 amide bonds. The minimum absolute atomic E-state index is 0.0847. The maximum Gasteiger partial charge on any atom is 0.337 e. The van der Waals surface area contributed by atoms with Crippen molar-refractivity contribution in [3.05, 3.63) is 76.6 Å². The molecule has 3 aromatic rings. The van der Waals surface area contributed by atoms with Gasteiger partial charge in [-0.2, -0.15) is 10.2 Å².